The van der Waals surface area contributed by atoms with Gasteiger partial charge in [0, 0.05) is 12.1 Å². The SMILES string of the molecule is COc1cc(OC)c(C(C#N)NCC(C)C)c(OC)c1. The first kappa shape index (κ1) is 16.1. The molecule has 0 aliphatic heterocycles. The summed E-state index contributed by atoms with van der Waals surface area (Å²) in [6.45, 7) is 4.91. The van der Waals surface area contributed by atoms with Gasteiger partial charge in [-0.2, -0.15) is 5.26 Å². The van der Waals surface area contributed by atoms with Crippen molar-refractivity contribution in [3.63, 3.8) is 0 Å². The van der Waals surface area contributed by atoms with Crippen LogP contribution < -0.4 is 19.5 Å². The van der Waals surface area contributed by atoms with E-state index in [9.17, 15) is 5.26 Å². The first-order valence-electron chi connectivity index (χ1n) is 6.50. The summed E-state index contributed by atoms with van der Waals surface area (Å²) in [5.74, 6) is 2.22. The van der Waals surface area contributed by atoms with Gasteiger partial charge in [-0.15, -0.1) is 0 Å². The summed E-state index contributed by atoms with van der Waals surface area (Å²) >= 11 is 0. The van der Waals surface area contributed by atoms with Crippen molar-refractivity contribution in [3.8, 4) is 23.3 Å². The van der Waals surface area contributed by atoms with Crippen molar-refractivity contribution >= 4 is 0 Å². The first-order valence-corrected chi connectivity index (χ1v) is 6.50. The quantitative estimate of drug-likeness (QED) is 0.830. The Morgan fingerprint density at radius 2 is 1.65 bits per heavy atom. The molecule has 0 saturated carbocycles. The lowest BCUT2D eigenvalue weighted by Gasteiger charge is -2.20. The van der Waals surface area contributed by atoms with Crippen molar-refractivity contribution in [1.82, 2.24) is 5.32 Å². The van der Waals surface area contributed by atoms with E-state index in [4.69, 9.17) is 14.2 Å². The van der Waals surface area contributed by atoms with E-state index in [1.165, 1.54) is 0 Å². The summed E-state index contributed by atoms with van der Waals surface area (Å²) in [5, 5.41) is 12.6. The molecule has 0 aromatic heterocycles. The second kappa shape index (κ2) is 7.61. The number of rotatable bonds is 7. The van der Waals surface area contributed by atoms with Gasteiger partial charge in [-0.05, 0) is 12.5 Å². The molecular weight excluding hydrogens is 256 g/mol. The van der Waals surface area contributed by atoms with Gasteiger partial charge >= 0.3 is 0 Å². The number of benzene rings is 1. The van der Waals surface area contributed by atoms with E-state index < -0.39 is 6.04 Å². The highest BCUT2D eigenvalue weighted by atomic mass is 16.5. The highest BCUT2D eigenvalue weighted by Crippen LogP contribution is 2.38. The van der Waals surface area contributed by atoms with Crippen molar-refractivity contribution in [2.45, 2.75) is 19.9 Å². The molecule has 0 radical (unpaired) electrons. The lowest BCUT2D eigenvalue weighted by atomic mass is 10.0. The number of nitrogens with one attached hydrogen (secondary N) is 1. The summed E-state index contributed by atoms with van der Waals surface area (Å²) < 4.78 is 15.9. The first-order chi connectivity index (χ1) is 9.57. The molecule has 1 N–H and O–H groups in total. The van der Waals surface area contributed by atoms with Crippen LogP contribution in [0.3, 0.4) is 0 Å². The summed E-state index contributed by atoms with van der Waals surface area (Å²) in [4.78, 5) is 0. The zero-order valence-corrected chi connectivity index (χ0v) is 12.7. The standard InChI is InChI=1S/C15H22N2O3/c1-10(2)9-17-12(8-16)15-13(19-4)6-11(18-3)7-14(15)20-5/h6-7,10,12,17H,9H2,1-5H3. The van der Waals surface area contributed by atoms with Gasteiger partial charge in [0.2, 0.25) is 0 Å². The molecule has 1 unspecified atom stereocenters. The minimum absolute atomic E-state index is 0.445. The third-order valence-corrected chi connectivity index (χ3v) is 2.90. The summed E-state index contributed by atoms with van der Waals surface area (Å²) in [6, 6.07) is 5.25. The Morgan fingerprint density at radius 3 is 2.00 bits per heavy atom. The Balaban J connectivity index is 3.22. The van der Waals surface area contributed by atoms with E-state index in [0.717, 1.165) is 6.54 Å². The van der Waals surface area contributed by atoms with Gasteiger partial charge in [-0.3, -0.25) is 5.32 Å². The Labute approximate surface area is 120 Å². The van der Waals surface area contributed by atoms with E-state index in [1.807, 2.05) is 0 Å². The van der Waals surface area contributed by atoms with Crippen LogP contribution in [0.15, 0.2) is 12.1 Å². The number of ether oxygens (including phenoxy) is 3. The Bertz CT molecular complexity index is 455. The molecule has 0 saturated heterocycles. The molecule has 0 amide bonds. The van der Waals surface area contributed by atoms with Crippen LogP contribution in [-0.4, -0.2) is 27.9 Å². The third kappa shape index (κ3) is 3.78. The molecule has 110 valence electrons. The minimum atomic E-state index is -0.492. The Kier molecular flexibility index (Phi) is 6.13. The molecule has 1 aromatic carbocycles. The number of hydrogen-bond acceptors (Lipinski definition) is 5. The molecule has 0 aliphatic rings. The van der Waals surface area contributed by atoms with Crippen LogP contribution in [0.4, 0.5) is 0 Å². The van der Waals surface area contributed by atoms with Gasteiger partial charge in [0.15, 0.2) is 0 Å². The lowest BCUT2D eigenvalue weighted by molar-refractivity contribution is 0.362. The van der Waals surface area contributed by atoms with Crippen molar-refractivity contribution in [2.24, 2.45) is 5.92 Å². The average Bonchev–Trinajstić information content (AvgIpc) is 2.46. The largest absolute Gasteiger partial charge is 0.496 e. The summed E-state index contributed by atoms with van der Waals surface area (Å²) in [5.41, 5.74) is 0.693. The Morgan fingerprint density at radius 1 is 1.10 bits per heavy atom. The number of nitrogens with zero attached hydrogens (tertiary/aromatic N) is 1. The van der Waals surface area contributed by atoms with E-state index in [2.05, 4.69) is 25.2 Å². The maximum Gasteiger partial charge on any atom is 0.132 e. The van der Waals surface area contributed by atoms with Crippen LogP contribution in [0.25, 0.3) is 0 Å². The highest BCUT2D eigenvalue weighted by Gasteiger charge is 2.22. The maximum atomic E-state index is 9.40. The molecule has 5 heteroatoms. The molecule has 0 spiro atoms. The van der Waals surface area contributed by atoms with E-state index in [-0.39, 0.29) is 0 Å². The third-order valence-electron chi connectivity index (χ3n) is 2.90. The van der Waals surface area contributed by atoms with Crippen LogP contribution >= 0.6 is 0 Å². The molecule has 20 heavy (non-hydrogen) atoms. The average molecular weight is 278 g/mol. The Hall–Kier alpha value is -1.93. The number of hydrogen-bond donors (Lipinski definition) is 1. The smallest absolute Gasteiger partial charge is 0.132 e. The molecule has 0 bridgehead atoms. The number of nitriles is 1. The predicted molar refractivity (Wildman–Crippen MR) is 77.3 cm³/mol. The molecule has 0 aliphatic carbocycles. The molecule has 1 rings (SSSR count). The van der Waals surface area contributed by atoms with E-state index >= 15 is 0 Å². The van der Waals surface area contributed by atoms with Crippen molar-refractivity contribution in [2.75, 3.05) is 27.9 Å². The molecular formula is C15H22N2O3. The normalized spacial score (nSPS) is 11.8. The fourth-order valence-corrected chi connectivity index (χ4v) is 1.88. The van der Waals surface area contributed by atoms with Gasteiger partial charge in [-0.25, -0.2) is 0 Å². The minimum Gasteiger partial charge on any atom is -0.496 e. The molecule has 1 atom stereocenters. The summed E-state index contributed by atoms with van der Waals surface area (Å²) in [6.07, 6.45) is 0. The van der Waals surface area contributed by atoms with Gasteiger partial charge < -0.3 is 14.2 Å². The van der Waals surface area contributed by atoms with Crippen molar-refractivity contribution < 1.29 is 14.2 Å². The lowest BCUT2D eigenvalue weighted by Crippen LogP contribution is -2.25. The second-order valence-corrected chi connectivity index (χ2v) is 4.81. The van der Waals surface area contributed by atoms with E-state index in [0.29, 0.717) is 28.7 Å². The van der Waals surface area contributed by atoms with E-state index in [1.54, 1.807) is 33.5 Å². The highest BCUT2D eigenvalue weighted by molar-refractivity contribution is 5.53. The van der Waals surface area contributed by atoms with Crippen LogP contribution in [0.2, 0.25) is 0 Å². The molecule has 0 heterocycles. The summed E-state index contributed by atoms with van der Waals surface area (Å²) in [7, 11) is 4.70. The molecule has 1 aromatic rings. The molecule has 5 nitrogen and oxygen atoms in total. The van der Waals surface area contributed by atoms with Crippen LogP contribution in [0, 0.1) is 17.2 Å². The van der Waals surface area contributed by atoms with Crippen molar-refractivity contribution in [3.05, 3.63) is 17.7 Å². The van der Waals surface area contributed by atoms with Crippen molar-refractivity contribution in [1.29, 1.82) is 5.26 Å². The molecule has 0 fully saturated rings. The van der Waals surface area contributed by atoms with Gasteiger partial charge in [0.25, 0.3) is 0 Å². The van der Waals surface area contributed by atoms with Gasteiger partial charge in [0.05, 0.1) is 33.0 Å². The monoisotopic (exact) mass is 278 g/mol. The predicted octanol–water partition coefficient (Wildman–Crippen LogP) is 2.52. The van der Waals surface area contributed by atoms with Crippen LogP contribution in [0.5, 0.6) is 17.2 Å². The maximum absolute atomic E-state index is 9.40. The fourth-order valence-electron chi connectivity index (χ4n) is 1.88. The van der Waals surface area contributed by atoms with Gasteiger partial charge in [-0.1, -0.05) is 13.8 Å². The zero-order valence-electron chi connectivity index (χ0n) is 12.7. The van der Waals surface area contributed by atoms with Crippen LogP contribution in [-0.2, 0) is 0 Å². The number of methoxy groups -OCH3 is 3. The zero-order chi connectivity index (χ0) is 15.1. The topological polar surface area (TPSA) is 63.5 Å². The van der Waals surface area contributed by atoms with Gasteiger partial charge in [0.1, 0.15) is 23.3 Å². The second-order valence-electron chi connectivity index (χ2n) is 4.81. The van der Waals surface area contributed by atoms with Crippen LogP contribution in [0.1, 0.15) is 25.5 Å². The fraction of sp³-hybridized carbons (Fsp3) is 0.533.